The van der Waals surface area contributed by atoms with Crippen molar-refractivity contribution in [1.29, 1.82) is 0 Å². The number of carbonyl (C=O) groups is 1. The molecule has 1 aliphatic heterocycles. The van der Waals surface area contributed by atoms with Crippen LogP contribution in [0.5, 0.6) is 0 Å². The SMILES string of the molecule is NC(=O)C1CCCN(c2c(F)cc3c(=O)n(N)c(=O)n(C4CC4)c3c2Cl)C1. The second-order valence-electron chi connectivity index (χ2n) is 7.16. The highest BCUT2D eigenvalue weighted by Gasteiger charge is 2.33. The van der Waals surface area contributed by atoms with E-state index in [1.54, 1.807) is 4.90 Å². The van der Waals surface area contributed by atoms with E-state index in [4.69, 9.17) is 23.2 Å². The fourth-order valence-electron chi connectivity index (χ4n) is 3.80. The van der Waals surface area contributed by atoms with Crippen molar-refractivity contribution in [3.8, 4) is 0 Å². The van der Waals surface area contributed by atoms with Gasteiger partial charge in [0.1, 0.15) is 5.82 Å². The maximum atomic E-state index is 14.9. The molecule has 2 fully saturated rings. The van der Waals surface area contributed by atoms with Gasteiger partial charge in [0.2, 0.25) is 5.91 Å². The van der Waals surface area contributed by atoms with E-state index < -0.39 is 28.9 Å². The van der Waals surface area contributed by atoms with Crippen molar-refractivity contribution in [2.24, 2.45) is 11.7 Å². The number of nitrogens with two attached hydrogens (primary N) is 2. The number of carbonyl (C=O) groups excluding carboxylic acids is 1. The highest BCUT2D eigenvalue weighted by Crippen LogP contribution is 2.41. The van der Waals surface area contributed by atoms with E-state index in [1.807, 2.05) is 0 Å². The van der Waals surface area contributed by atoms with Crippen molar-refractivity contribution < 1.29 is 9.18 Å². The van der Waals surface area contributed by atoms with E-state index in [2.05, 4.69) is 0 Å². The summed E-state index contributed by atoms with van der Waals surface area (Å²) in [5.74, 6) is 4.04. The number of halogens is 2. The van der Waals surface area contributed by atoms with Crippen LogP contribution in [0.1, 0.15) is 31.7 Å². The number of nitrogen functional groups attached to an aromatic ring is 1. The van der Waals surface area contributed by atoms with Gasteiger partial charge in [-0.05, 0) is 31.7 Å². The summed E-state index contributed by atoms with van der Waals surface area (Å²) in [6, 6.07) is 0.944. The minimum absolute atomic E-state index is 0.0168. The lowest BCUT2D eigenvalue weighted by atomic mass is 9.97. The van der Waals surface area contributed by atoms with Crippen LogP contribution in [0.15, 0.2) is 15.7 Å². The topological polar surface area (TPSA) is 116 Å². The first kappa shape index (κ1) is 17.8. The van der Waals surface area contributed by atoms with Gasteiger partial charge < -0.3 is 16.5 Å². The van der Waals surface area contributed by atoms with E-state index in [1.165, 1.54) is 4.57 Å². The summed E-state index contributed by atoms with van der Waals surface area (Å²) in [6.45, 7) is 0.729. The van der Waals surface area contributed by atoms with Crippen LogP contribution in [0, 0.1) is 11.7 Å². The average Bonchev–Trinajstić information content (AvgIpc) is 3.46. The maximum Gasteiger partial charge on any atom is 0.350 e. The first-order valence-corrected chi connectivity index (χ1v) is 9.17. The van der Waals surface area contributed by atoms with Crippen molar-refractivity contribution in [3.63, 3.8) is 0 Å². The van der Waals surface area contributed by atoms with Crippen LogP contribution in [-0.2, 0) is 4.79 Å². The zero-order valence-corrected chi connectivity index (χ0v) is 15.2. The standard InChI is InChI=1S/C17H19ClFN5O3/c18-12-13-10(16(26)24(21)17(27)23(13)9-3-4-9)6-11(19)14(12)22-5-1-2-8(7-22)15(20)25/h6,8-9H,1-5,7,21H2,(H2,20,25). The second kappa shape index (κ2) is 6.26. The molecule has 0 bridgehead atoms. The van der Waals surface area contributed by atoms with Gasteiger partial charge in [-0.15, -0.1) is 0 Å². The number of nitrogens with zero attached hydrogens (tertiary/aromatic N) is 3. The molecule has 1 aromatic heterocycles. The van der Waals surface area contributed by atoms with Gasteiger partial charge in [-0.1, -0.05) is 11.6 Å². The molecule has 144 valence electrons. The number of hydrogen-bond donors (Lipinski definition) is 2. The highest BCUT2D eigenvalue weighted by molar-refractivity contribution is 6.38. The molecule has 2 aliphatic rings. The van der Waals surface area contributed by atoms with Gasteiger partial charge in [0.05, 0.1) is 27.5 Å². The summed E-state index contributed by atoms with van der Waals surface area (Å²) in [4.78, 5) is 38.1. The minimum atomic E-state index is -0.798. The highest BCUT2D eigenvalue weighted by atomic mass is 35.5. The monoisotopic (exact) mass is 395 g/mol. The molecule has 1 saturated carbocycles. The summed E-state index contributed by atoms with van der Waals surface area (Å²) in [6.07, 6.45) is 2.79. The summed E-state index contributed by atoms with van der Waals surface area (Å²) < 4.78 is 16.8. The third-order valence-electron chi connectivity index (χ3n) is 5.32. The average molecular weight is 396 g/mol. The molecule has 1 saturated heterocycles. The molecular formula is C17H19ClFN5O3. The van der Waals surface area contributed by atoms with Crippen LogP contribution in [0.3, 0.4) is 0 Å². The van der Waals surface area contributed by atoms with Crippen molar-refractivity contribution in [3.05, 3.63) is 37.7 Å². The number of piperidine rings is 1. The Balaban J connectivity index is 1.97. The number of benzene rings is 1. The predicted octanol–water partition coefficient (Wildman–Crippen LogP) is 0.706. The second-order valence-corrected chi connectivity index (χ2v) is 7.54. The Morgan fingerprint density at radius 3 is 2.59 bits per heavy atom. The summed E-state index contributed by atoms with van der Waals surface area (Å²) in [5, 5.41) is -0.0597. The molecule has 2 aromatic rings. The molecule has 4 rings (SSSR count). The number of hydrogen-bond acceptors (Lipinski definition) is 5. The number of anilines is 1. The molecule has 2 heterocycles. The molecule has 1 unspecified atom stereocenters. The van der Waals surface area contributed by atoms with Crippen LogP contribution in [-0.4, -0.2) is 28.2 Å². The molecule has 4 N–H and O–H groups in total. The zero-order chi connectivity index (χ0) is 19.5. The van der Waals surface area contributed by atoms with Crippen molar-refractivity contribution in [2.45, 2.75) is 31.7 Å². The van der Waals surface area contributed by atoms with E-state index in [0.29, 0.717) is 24.1 Å². The Hall–Kier alpha value is -2.55. The van der Waals surface area contributed by atoms with E-state index in [-0.39, 0.29) is 34.2 Å². The lowest BCUT2D eigenvalue weighted by Gasteiger charge is -2.34. The minimum Gasteiger partial charge on any atom is -0.369 e. The predicted molar refractivity (Wildman–Crippen MR) is 100.0 cm³/mol. The normalized spacial score (nSPS) is 20.2. The van der Waals surface area contributed by atoms with Crippen LogP contribution in [0.25, 0.3) is 10.9 Å². The molecule has 27 heavy (non-hydrogen) atoms. The third-order valence-corrected chi connectivity index (χ3v) is 5.68. The van der Waals surface area contributed by atoms with Crippen LogP contribution < -0.4 is 27.7 Å². The summed E-state index contributed by atoms with van der Waals surface area (Å²) in [5.41, 5.74) is 4.20. The number of rotatable bonds is 3. The Morgan fingerprint density at radius 1 is 1.26 bits per heavy atom. The van der Waals surface area contributed by atoms with Gasteiger partial charge >= 0.3 is 5.69 Å². The molecule has 0 radical (unpaired) electrons. The molecule has 1 atom stereocenters. The molecular weight excluding hydrogens is 377 g/mol. The van der Waals surface area contributed by atoms with Gasteiger partial charge in [-0.25, -0.2) is 9.18 Å². The third kappa shape index (κ3) is 2.77. The smallest absolute Gasteiger partial charge is 0.350 e. The van der Waals surface area contributed by atoms with Gasteiger partial charge in [0, 0.05) is 19.1 Å². The van der Waals surface area contributed by atoms with Crippen molar-refractivity contribution in [1.82, 2.24) is 9.24 Å². The van der Waals surface area contributed by atoms with Gasteiger partial charge in [-0.3, -0.25) is 14.2 Å². The Bertz CT molecular complexity index is 1080. The van der Waals surface area contributed by atoms with Crippen LogP contribution >= 0.6 is 11.6 Å². The summed E-state index contributed by atoms with van der Waals surface area (Å²) in [7, 11) is 0. The van der Waals surface area contributed by atoms with E-state index in [0.717, 1.165) is 18.9 Å². The number of fused-ring (bicyclic) bond motifs is 1. The number of amides is 1. The molecule has 1 amide bonds. The summed E-state index contributed by atoms with van der Waals surface area (Å²) >= 11 is 6.53. The molecule has 1 aromatic carbocycles. The Morgan fingerprint density at radius 2 is 1.96 bits per heavy atom. The van der Waals surface area contributed by atoms with E-state index >= 15 is 0 Å². The Kier molecular flexibility index (Phi) is 4.14. The fourth-order valence-corrected chi connectivity index (χ4v) is 4.20. The fraction of sp³-hybridized carbons (Fsp3) is 0.471. The molecule has 8 nitrogen and oxygen atoms in total. The number of aromatic nitrogens is 2. The molecule has 10 heteroatoms. The van der Waals surface area contributed by atoms with E-state index in [9.17, 15) is 18.8 Å². The first-order chi connectivity index (χ1) is 12.8. The number of primary amides is 1. The maximum absolute atomic E-state index is 14.9. The zero-order valence-electron chi connectivity index (χ0n) is 14.5. The van der Waals surface area contributed by atoms with Crippen LogP contribution in [0.2, 0.25) is 5.02 Å². The van der Waals surface area contributed by atoms with Gasteiger partial charge in [0.15, 0.2) is 0 Å². The van der Waals surface area contributed by atoms with Gasteiger partial charge in [-0.2, -0.15) is 4.68 Å². The van der Waals surface area contributed by atoms with Crippen LogP contribution in [0.4, 0.5) is 10.1 Å². The Labute approximate surface area is 158 Å². The first-order valence-electron chi connectivity index (χ1n) is 8.79. The lowest BCUT2D eigenvalue weighted by molar-refractivity contribution is -0.122. The molecule has 1 aliphatic carbocycles. The van der Waals surface area contributed by atoms with Crippen molar-refractivity contribution >= 4 is 34.1 Å². The lowest BCUT2D eigenvalue weighted by Crippen LogP contribution is -2.45. The van der Waals surface area contributed by atoms with Gasteiger partial charge in [0.25, 0.3) is 5.56 Å². The van der Waals surface area contributed by atoms with Crippen molar-refractivity contribution in [2.75, 3.05) is 23.8 Å². The quantitative estimate of drug-likeness (QED) is 0.742. The molecule has 0 spiro atoms. The largest absolute Gasteiger partial charge is 0.369 e.